The van der Waals surface area contributed by atoms with E-state index in [1.807, 2.05) is 6.92 Å². The largest absolute Gasteiger partial charge is 0.465 e. The smallest absolute Gasteiger partial charge is 0.309 e. The van der Waals surface area contributed by atoms with Crippen LogP contribution in [0.1, 0.15) is 13.3 Å². The van der Waals surface area contributed by atoms with Gasteiger partial charge < -0.3 is 4.74 Å². The zero-order valence-corrected chi connectivity index (χ0v) is 7.56. The van der Waals surface area contributed by atoms with Gasteiger partial charge in [-0.3, -0.25) is 4.79 Å². The molecule has 1 heterocycles. The average molecular weight is 207 g/mol. The van der Waals surface area contributed by atoms with E-state index >= 15 is 0 Å². The van der Waals surface area contributed by atoms with Crippen molar-refractivity contribution in [1.29, 1.82) is 0 Å². The number of cyclic esters (lactones) is 1. The number of halogens is 1. The quantitative estimate of drug-likeness (QED) is 0.507. The number of alkyl halides is 1. The summed E-state index contributed by atoms with van der Waals surface area (Å²) in [4.78, 5) is 10.9. The lowest BCUT2D eigenvalue weighted by atomic mass is 9.95. The second-order valence-corrected chi connectivity index (χ2v) is 3.21. The summed E-state index contributed by atoms with van der Waals surface area (Å²) in [5, 5.41) is 0.872. The first-order valence-electron chi connectivity index (χ1n) is 3.52. The van der Waals surface area contributed by atoms with Gasteiger partial charge in [0.2, 0.25) is 0 Å². The standard InChI is InChI=1S/C7H11BrO2/c1-2-6-5(3-8)4-10-7(6)9/h5-6H,2-4H2,1H3. The maximum absolute atomic E-state index is 10.9. The number of rotatable bonds is 2. The van der Waals surface area contributed by atoms with Gasteiger partial charge in [-0.2, -0.15) is 0 Å². The van der Waals surface area contributed by atoms with Gasteiger partial charge in [-0.05, 0) is 6.42 Å². The first kappa shape index (κ1) is 8.05. The van der Waals surface area contributed by atoms with Crippen molar-refractivity contribution in [3.63, 3.8) is 0 Å². The van der Waals surface area contributed by atoms with Crippen LogP contribution >= 0.6 is 15.9 Å². The number of carbonyl (C=O) groups excluding carboxylic acids is 1. The predicted octanol–water partition coefficient (Wildman–Crippen LogP) is 1.58. The summed E-state index contributed by atoms with van der Waals surface area (Å²) in [6.07, 6.45) is 0.898. The first-order valence-corrected chi connectivity index (χ1v) is 4.64. The first-order chi connectivity index (χ1) is 4.79. The fourth-order valence-corrected chi connectivity index (χ4v) is 1.90. The minimum atomic E-state index is -0.0213. The molecule has 0 N–H and O–H groups in total. The SMILES string of the molecule is CCC1C(=O)OCC1CBr. The van der Waals surface area contributed by atoms with Crippen LogP contribution in [0.2, 0.25) is 0 Å². The Labute approximate surface area is 69.1 Å². The molecule has 3 heteroatoms. The third-order valence-electron chi connectivity index (χ3n) is 1.95. The average Bonchev–Trinajstić information content (AvgIpc) is 2.30. The Bertz CT molecular complexity index is 136. The molecule has 0 aromatic heterocycles. The highest BCUT2D eigenvalue weighted by molar-refractivity contribution is 9.09. The molecular weight excluding hydrogens is 196 g/mol. The fourth-order valence-electron chi connectivity index (χ4n) is 1.26. The van der Waals surface area contributed by atoms with Crippen LogP contribution < -0.4 is 0 Å². The highest BCUT2D eigenvalue weighted by Gasteiger charge is 2.34. The van der Waals surface area contributed by atoms with Gasteiger partial charge in [-0.25, -0.2) is 0 Å². The molecular formula is C7H11BrO2. The summed E-state index contributed by atoms with van der Waals surface area (Å²) >= 11 is 3.35. The number of esters is 1. The maximum Gasteiger partial charge on any atom is 0.309 e. The normalized spacial score (nSPS) is 32.4. The van der Waals surface area contributed by atoms with Crippen LogP contribution in [-0.4, -0.2) is 17.9 Å². The van der Waals surface area contributed by atoms with E-state index in [1.54, 1.807) is 0 Å². The second-order valence-electron chi connectivity index (χ2n) is 2.56. The Morgan fingerprint density at radius 3 is 2.90 bits per heavy atom. The molecule has 0 aliphatic carbocycles. The van der Waals surface area contributed by atoms with Crippen LogP contribution in [0.3, 0.4) is 0 Å². The van der Waals surface area contributed by atoms with Crippen LogP contribution in [0.25, 0.3) is 0 Å². The lowest BCUT2D eigenvalue weighted by Crippen LogP contribution is -2.15. The molecule has 1 rings (SSSR count). The topological polar surface area (TPSA) is 26.3 Å². The Morgan fingerprint density at radius 1 is 1.80 bits per heavy atom. The van der Waals surface area contributed by atoms with E-state index in [-0.39, 0.29) is 11.9 Å². The Hall–Kier alpha value is -0.0500. The van der Waals surface area contributed by atoms with Gasteiger partial charge in [0.1, 0.15) is 0 Å². The molecule has 1 saturated heterocycles. The molecule has 2 nitrogen and oxygen atoms in total. The molecule has 1 fully saturated rings. The number of carbonyl (C=O) groups is 1. The Balaban J connectivity index is 2.54. The molecule has 0 spiro atoms. The molecule has 2 atom stereocenters. The molecule has 2 unspecified atom stereocenters. The third-order valence-corrected chi connectivity index (χ3v) is 2.78. The van der Waals surface area contributed by atoms with E-state index in [9.17, 15) is 4.79 Å². The summed E-state index contributed by atoms with van der Waals surface area (Å²) < 4.78 is 4.89. The molecule has 0 aromatic carbocycles. The van der Waals surface area contributed by atoms with Crippen LogP contribution in [0, 0.1) is 11.8 Å². The van der Waals surface area contributed by atoms with Gasteiger partial charge in [-0.15, -0.1) is 0 Å². The number of hydrogen-bond acceptors (Lipinski definition) is 2. The van der Waals surface area contributed by atoms with E-state index in [0.717, 1.165) is 11.8 Å². The minimum absolute atomic E-state index is 0.0213. The lowest BCUT2D eigenvalue weighted by molar-refractivity contribution is -0.141. The van der Waals surface area contributed by atoms with E-state index in [4.69, 9.17) is 4.74 Å². The van der Waals surface area contributed by atoms with Crippen molar-refractivity contribution in [2.45, 2.75) is 13.3 Å². The van der Waals surface area contributed by atoms with E-state index < -0.39 is 0 Å². The summed E-state index contributed by atoms with van der Waals surface area (Å²) in [6.45, 7) is 2.62. The van der Waals surface area contributed by atoms with E-state index in [1.165, 1.54) is 0 Å². The molecule has 1 aliphatic rings. The molecule has 0 amide bonds. The second kappa shape index (κ2) is 3.37. The van der Waals surface area contributed by atoms with Gasteiger partial charge in [-0.1, -0.05) is 22.9 Å². The van der Waals surface area contributed by atoms with Crippen molar-refractivity contribution >= 4 is 21.9 Å². The van der Waals surface area contributed by atoms with Gasteiger partial charge >= 0.3 is 5.97 Å². The lowest BCUT2D eigenvalue weighted by Gasteiger charge is -2.07. The molecule has 1 aliphatic heterocycles. The zero-order valence-electron chi connectivity index (χ0n) is 5.97. The minimum Gasteiger partial charge on any atom is -0.465 e. The van der Waals surface area contributed by atoms with Crippen LogP contribution in [0.4, 0.5) is 0 Å². The van der Waals surface area contributed by atoms with Crippen LogP contribution in [0.15, 0.2) is 0 Å². The summed E-state index contributed by atoms with van der Waals surface area (Å²) in [6, 6.07) is 0. The highest BCUT2D eigenvalue weighted by atomic mass is 79.9. The van der Waals surface area contributed by atoms with E-state index in [0.29, 0.717) is 12.5 Å². The Kier molecular flexibility index (Phi) is 2.72. The van der Waals surface area contributed by atoms with Crippen molar-refractivity contribution in [2.24, 2.45) is 11.8 Å². The van der Waals surface area contributed by atoms with Crippen molar-refractivity contribution in [3.8, 4) is 0 Å². The molecule has 0 radical (unpaired) electrons. The maximum atomic E-state index is 10.9. The predicted molar refractivity (Wildman–Crippen MR) is 42.0 cm³/mol. The van der Waals surface area contributed by atoms with Gasteiger partial charge in [0, 0.05) is 11.2 Å². The fraction of sp³-hybridized carbons (Fsp3) is 0.857. The molecule has 10 heavy (non-hydrogen) atoms. The van der Waals surface area contributed by atoms with Crippen molar-refractivity contribution < 1.29 is 9.53 Å². The summed E-state index contributed by atoms with van der Waals surface area (Å²) in [5.74, 6) is 0.517. The van der Waals surface area contributed by atoms with Gasteiger partial charge in [0.05, 0.1) is 12.5 Å². The van der Waals surface area contributed by atoms with Crippen LogP contribution in [-0.2, 0) is 9.53 Å². The highest BCUT2D eigenvalue weighted by Crippen LogP contribution is 2.26. The number of hydrogen-bond donors (Lipinski definition) is 0. The van der Waals surface area contributed by atoms with Crippen molar-refractivity contribution in [2.75, 3.05) is 11.9 Å². The summed E-state index contributed by atoms with van der Waals surface area (Å²) in [5.41, 5.74) is 0. The zero-order chi connectivity index (χ0) is 7.56. The Morgan fingerprint density at radius 2 is 2.50 bits per heavy atom. The molecule has 58 valence electrons. The van der Waals surface area contributed by atoms with Crippen LogP contribution in [0.5, 0.6) is 0 Å². The van der Waals surface area contributed by atoms with Gasteiger partial charge in [0.15, 0.2) is 0 Å². The number of ether oxygens (including phenoxy) is 1. The molecule has 0 bridgehead atoms. The third kappa shape index (κ3) is 1.34. The van der Waals surface area contributed by atoms with Crippen molar-refractivity contribution in [1.82, 2.24) is 0 Å². The van der Waals surface area contributed by atoms with E-state index in [2.05, 4.69) is 15.9 Å². The van der Waals surface area contributed by atoms with Crippen molar-refractivity contribution in [3.05, 3.63) is 0 Å². The molecule has 0 saturated carbocycles. The molecule has 0 aromatic rings. The van der Waals surface area contributed by atoms with Gasteiger partial charge in [0.25, 0.3) is 0 Å². The summed E-state index contributed by atoms with van der Waals surface area (Å²) in [7, 11) is 0. The monoisotopic (exact) mass is 206 g/mol.